The Labute approximate surface area is 162 Å². The molecule has 1 aliphatic carbocycles. The minimum absolute atomic E-state index is 0.0818. The first-order valence-electron chi connectivity index (χ1n) is 10.1. The Morgan fingerprint density at radius 1 is 1.15 bits per heavy atom. The lowest BCUT2D eigenvalue weighted by atomic mass is 10.0. The van der Waals surface area contributed by atoms with Gasteiger partial charge in [0.25, 0.3) is 0 Å². The van der Waals surface area contributed by atoms with Crippen LogP contribution >= 0.6 is 0 Å². The molecule has 1 aromatic rings. The molecule has 2 amide bonds. The molecule has 0 saturated heterocycles. The molecule has 0 unspecified atom stereocenters. The molecular weight excluding hydrogens is 338 g/mol. The second kappa shape index (κ2) is 11.5. The Balaban J connectivity index is 1.91. The molecule has 148 valence electrons. The van der Waals surface area contributed by atoms with Crippen molar-refractivity contribution >= 4 is 11.8 Å². The lowest BCUT2D eigenvalue weighted by molar-refractivity contribution is -0.122. The van der Waals surface area contributed by atoms with Crippen LogP contribution in [0.25, 0.3) is 0 Å². The van der Waals surface area contributed by atoms with Gasteiger partial charge in [-0.1, -0.05) is 62.1 Å². The first-order valence-corrected chi connectivity index (χ1v) is 10.1. The van der Waals surface area contributed by atoms with E-state index in [2.05, 4.69) is 22.8 Å². The molecule has 1 aromatic carbocycles. The molecule has 0 radical (unpaired) electrons. The lowest BCUT2D eigenvalue weighted by Crippen LogP contribution is -2.43. The fraction of sp³-hybridized carbons (Fsp3) is 0.545. The van der Waals surface area contributed by atoms with Crippen LogP contribution in [0.2, 0.25) is 0 Å². The summed E-state index contributed by atoms with van der Waals surface area (Å²) in [7, 11) is 0. The lowest BCUT2D eigenvalue weighted by Gasteiger charge is -2.18. The second-order valence-electron chi connectivity index (χ2n) is 7.48. The monoisotopic (exact) mass is 371 g/mol. The van der Waals surface area contributed by atoms with Crippen LogP contribution in [0.3, 0.4) is 0 Å². The van der Waals surface area contributed by atoms with Crippen molar-refractivity contribution in [2.24, 2.45) is 5.73 Å². The van der Waals surface area contributed by atoms with E-state index in [-0.39, 0.29) is 23.9 Å². The Bertz CT molecular complexity index is 605. The van der Waals surface area contributed by atoms with Crippen LogP contribution in [0.1, 0.15) is 57.4 Å². The molecule has 1 fully saturated rings. The SMILES string of the molecule is C[C@H](N)C(=O)N[C@H](C=CC(=O)NC1CCCCCC1)CCc1ccccc1. The molecular formula is C22H33N3O2. The van der Waals surface area contributed by atoms with Crippen LogP contribution in [0.5, 0.6) is 0 Å². The Morgan fingerprint density at radius 2 is 1.81 bits per heavy atom. The van der Waals surface area contributed by atoms with Gasteiger partial charge in [-0.3, -0.25) is 9.59 Å². The van der Waals surface area contributed by atoms with Crippen LogP contribution < -0.4 is 16.4 Å². The molecule has 2 rings (SSSR count). The maximum Gasteiger partial charge on any atom is 0.243 e. The number of carbonyl (C=O) groups is 2. The van der Waals surface area contributed by atoms with Crippen LogP contribution in [0, 0.1) is 0 Å². The van der Waals surface area contributed by atoms with Gasteiger partial charge in [-0.15, -0.1) is 0 Å². The summed E-state index contributed by atoms with van der Waals surface area (Å²) >= 11 is 0. The largest absolute Gasteiger partial charge is 0.350 e. The van der Waals surface area contributed by atoms with Crippen molar-refractivity contribution in [2.45, 2.75) is 76.4 Å². The topological polar surface area (TPSA) is 84.2 Å². The van der Waals surface area contributed by atoms with E-state index in [1.165, 1.54) is 31.2 Å². The number of benzene rings is 1. The molecule has 0 bridgehead atoms. The molecule has 2 atom stereocenters. The predicted octanol–water partition coefficient (Wildman–Crippen LogP) is 2.85. The molecule has 5 heteroatoms. The Hall–Kier alpha value is -2.14. The summed E-state index contributed by atoms with van der Waals surface area (Å²) in [5.41, 5.74) is 6.87. The van der Waals surface area contributed by atoms with Crippen molar-refractivity contribution in [1.82, 2.24) is 10.6 Å². The summed E-state index contributed by atoms with van der Waals surface area (Å²) < 4.78 is 0. The summed E-state index contributed by atoms with van der Waals surface area (Å²) in [5.74, 6) is -0.288. The van der Waals surface area contributed by atoms with Gasteiger partial charge in [0.2, 0.25) is 11.8 Å². The summed E-state index contributed by atoms with van der Waals surface area (Å²) in [5, 5.41) is 6.03. The third-order valence-electron chi connectivity index (χ3n) is 5.01. The fourth-order valence-electron chi connectivity index (χ4n) is 3.37. The van der Waals surface area contributed by atoms with E-state index in [4.69, 9.17) is 5.73 Å². The molecule has 0 heterocycles. The zero-order chi connectivity index (χ0) is 19.5. The number of hydrogen-bond donors (Lipinski definition) is 3. The van der Waals surface area contributed by atoms with E-state index >= 15 is 0 Å². The molecule has 1 aliphatic rings. The van der Waals surface area contributed by atoms with E-state index in [0.717, 1.165) is 25.7 Å². The summed E-state index contributed by atoms with van der Waals surface area (Å²) in [4.78, 5) is 24.3. The standard InChI is InChI=1S/C22H33N3O2/c1-17(23)22(27)25-20(14-13-18-9-5-4-6-10-18)15-16-21(26)24-19-11-7-2-3-8-12-19/h4-6,9-10,15-17,19-20H,2-3,7-8,11-14,23H2,1H3,(H,24,26)(H,25,27)/t17-,20-/m0/s1. The number of aryl methyl sites for hydroxylation is 1. The number of rotatable bonds is 8. The number of nitrogens with one attached hydrogen (secondary N) is 2. The fourth-order valence-corrected chi connectivity index (χ4v) is 3.37. The Morgan fingerprint density at radius 3 is 2.44 bits per heavy atom. The van der Waals surface area contributed by atoms with Gasteiger partial charge in [-0.2, -0.15) is 0 Å². The predicted molar refractivity (Wildman–Crippen MR) is 109 cm³/mol. The summed E-state index contributed by atoms with van der Waals surface area (Å²) in [6.45, 7) is 1.66. The highest BCUT2D eigenvalue weighted by Gasteiger charge is 2.15. The molecule has 5 nitrogen and oxygen atoms in total. The minimum atomic E-state index is -0.572. The van der Waals surface area contributed by atoms with Gasteiger partial charge in [-0.25, -0.2) is 0 Å². The zero-order valence-corrected chi connectivity index (χ0v) is 16.3. The van der Waals surface area contributed by atoms with Crippen LogP contribution in [-0.2, 0) is 16.0 Å². The third kappa shape index (κ3) is 8.39. The Kier molecular flexibility index (Phi) is 9.05. The summed E-state index contributed by atoms with van der Waals surface area (Å²) in [6, 6.07) is 9.59. The van der Waals surface area contributed by atoms with E-state index in [0.29, 0.717) is 0 Å². The van der Waals surface area contributed by atoms with Crippen molar-refractivity contribution in [1.29, 1.82) is 0 Å². The number of carbonyl (C=O) groups excluding carboxylic acids is 2. The van der Waals surface area contributed by atoms with Crippen molar-refractivity contribution in [3.05, 3.63) is 48.0 Å². The molecule has 1 saturated carbocycles. The number of nitrogens with two attached hydrogens (primary N) is 1. The van der Waals surface area contributed by atoms with Gasteiger partial charge in [0.1, 0.15) is 0 Å². The van der Waals surface area contributed by atoms with Crippen LogP contribution in [0.15, 0.2) is 42.5 Å². The van der Waals surface area contributed by atoms with Gasteiger partial charge < -0.3 is 16.4 Å². The quantitative estimate of drug-likeness (QED) is 0.485. The number of hydrogen-bond acceptors (Lipinski definition) is 3. The average molecular weight is 372 g/mol. The number of amides is 2. The van der Waals surface area contributed by atoms with Crippen LogP contribution in [0.4, 0.5) is 0 Å². The molecule has 0 aliphatic heterocycles. The van der Waals surface area contributed by atoms with E-state index in [1.807, 2.05) is 18.2 Å². The zero-order valence-electron chi connectivity index (χ0n) is 16.3. The van der Waals surface area contributed by atoms with Gasteiger partial charge in [0, 0.05) is 18.2 Å². The highest BCUT2D eigenvalue weighted by molar-refractivity contribution is 5.88. The molecule has 0 aromatic heterocycles. The van der Waals surface area contributed by atoms with Gasteiger partial charge in [0.05, 0.1) is 6.04 Å². The molecule has 27 heavy (non-hydrogen) atoms. The van der Waals surface area contributed by atoms with Gasteiger partial charge in [0.15, 0.2) is 0 Å². The van der Waals surface area contributed by atoms with Crippen molar-refractivity contribution in [2.75, 3.05) is 0 Å². The second-order valence-corrected chi connectivity index (χ2v) is 7.48. The first-order chi connectivity index (χ1) is 13.0. The highest BCUT2D eigenvalue weighted by atomic mass is 16.2. The van der Waals surface area contributed by atoms with Crippen molar-refractivity contribution in [3.63, 3.8) is 0 Å². The third-order valence-corrected chi connectivity index (χ3v) is 5.01. The van der Waals surface area contributed by atoms with E-state index in [9.17, 15) is 9.59 Å². The first kappa shape index (κ1) is 21.2. The van der Waals surface area contributed by atoms with E-state index in [1.54, 1.807) is 19.1 Å². The molecule has 0 spiro atoms. The minimum Gasteiger partial charge on any atom is -0.350 e. The highest BCUT2D eigenvalue weighted by Crippen LogP contribution is 2.17. The smallest absolute Gasteiger partial charge is 0.243 e. The summed E-state index contributed by atoms with van der Waals surface area (Å²) in [6.07, 6.45) is 11.9. The maximum absolute atomic E-state index is 12.3. The molecule has 4 N–H and O–H groups in total. The maximum atomic E-state index is 12.3. The normalized spacial score (nSPS) is 17.9. The van der Waals surface area contributed by atoms with Crippen molar-refractivity contribution in [3.8, 4) is 0 Å². The van der Waals surface area contributed by atoms with Gasteiger partial charge >= 0.3 is 0 Å². The van der Waals surface area contributed by atoms with Crippen molar-refractivity contribution < 1.29 is 9.59 Å². The van der Waals surface area contributed by atoms with Gasteiger partial charge in [-0.05, 0) is 38.2 Å². The average Bonchev–Trinajstić information content (AvgIpc) is 2.93. The van der Waals surface area contributed by atoms with E-state index < -0.39 is 6.04 Å². The van der Waals surface area contributed by atoms with Crippen LogP contribution in [-0.4, -0.2) is 29.9 Å².